The molecule has 0 aliphatic carbocycles. The molecule has 37 heavy (non-hydrogen) atoms. The van der Waals surface area contributed by atoms with E-state index in [0.29, 0.717) is 29.5 Å². The number of nitrogens with one attached hydrogen (secondary N) is 4. The highest BCUT2D eigenvalue weighted by molar-refractivity contribution is 8.02. The largest absolute Gasteiger partial charge is 0.438 e. The number of aromatic amines is 2. The summed E-state index contributed by atoms with van der Waals surface area (Å²) in [5.41, 5.74) is 2.66. The van der Waals surface area contributed by atoms with Crippen molar-refractivity contribution >= 4 is 23.6 Å². The summed E-state index contributed by atoms with van der Waals surface area (Å²) in [6.07, 6.45) is 1.52. The van der Waals surface area contributed by atoms with Crippen LogP contribution in [0.3, 0.4) is 0 Å². The first-order valence-corrected chi connectivity index (χ1v) is 12.0. The van der Waals surface area contributed by atoms with Crippen LogP contribution in [-0.2, 0) is 4.84 Å². The lowest BCUT2D eigenvalue weighted by atomic mass is 10.2. The Morgan fingerprint density at radius 2 is 1.46 bits per heavy atom. The van der Waals surface area contributed by atoms with Gasteiger partial charge in [0.15, 0.2) is 5.82 Å². The fraction of sp³-hybridized carbons (Fsp3) is 0.583. The van der Waals surface area contributed by atoms with Crippen LogP contribution in [0.1, 0.15) is 93.7 Å². The Labute approximate surface area is 225 Å². The fourth-order valence-corrected chi connectivity index (χ4v) is 2.71. The lowest BCUT2D eigenvalue weighted by Crippen LogP contribution is -2.21. The molecule has 4 N–H and O–H groups in total. The summed E-state index contributed by atoms with van der Waals surface area (Å²) in [4.78, 5) is 29.6. The van der Waals surface area contributed by atoms with Crippen LogP contribution in [0.5, 0.6) is 0 Å². The smallest absolute Gasteiger partial charge is 0.361 e. The minimum absolute atomic E-state index is 0. The molecule has 0 spiro atoms. The SMILES string of the molecule is C.C.C=C1N=C(C(C)C)NO1.C=C1N=C(C(C)C)NS1.CC(C)c1ncn[nH]1.CC(C)c1noc(=O)[nH]1. The Morgan fingerprint density at radius 3 is 1.68 bits per heavy atom. The van der Waals surface area contributed by atoms with E-state index in [0.717, 1.165) is 22.5 Å². The number of amidine groups is 2. The third kappa shape index (κ3) is 14.1. The summed E-state index contributed by atoms with van der Waals surface area (Å²) in [5.74, 6) is 4.92. The Kier molecular flexibility index (Phi) is 17.4. The molecule has 0 bridgehead atoms. The van der Waals surface area contributed by atoms with Crippen molar-refractivity contribution in [3.63, 3.8) is 0 Å². The van der Waals surface area contributed by atoms with E-state index in [4.69, 9.17) is 4.84 Å². The molecule has 0 saturated carbocycles. The van der Waals surface area contributed by atoms with E-state index in [1.54, 1.807) is 0 Å². The van der Waals surface area contributed by atoms with Gasteiger partial charge < -0.3 is 9.56 Å². The highest BCUT2D eigenvalue weighted by atomic mass is 32.2. The molecule has 0 radical (unpaired) electrons. The minimum Gasteiger partial charge on any atom is -0.361 e. The Hall–Kier alpha value is -3.35. The first-order chi connectivity index (χ1) is 16.4. The van der Waals surface area contributed by atoms with Crippen LogP contribution in [-0.4, -0.2) is 37.0 Å². The van der Waals surface area contributed by atoms with E-state index in [2.05, 4.69) is 90.9 Å². The second kappa shape index (κ2) is 18.0. The van der Waals surface area contributed by atoms with Gasteiger partial charge in [-0.05, 0) is 6.58 Å². The van der Waals surface area contributed by atoms with Gasteiger partial charge in [-0.1, -0.05) is 82.0 Å². The number of rotatable bonds is 4. The molecular weight excluding hydrogens is 494 g/mol. The fourth-order valence-electron chi connectivity index (χ4n) is 2.06. The van der Waals surface area contributed by atoms with Crippen molar-refractivity contribution in [2.45, 2.75) is 82.1 Å². The van der Waals surface area contributed by atoms with Crippen LogP contribution in [0.15, 0.2) is 49.7 Å². The number of aliphatic imine (C=N–C) groups is 2. The van der Waals surface area contributed by atoms with E-state index in [-0.39, 0.29) is 20.8 Å². The van der Waals surface area contributed by atoms with E-state index in [1.165, 1.54) is 18.3 Å². The van der Waals surface area contributed by atoms with Gasteiger partial charge in [0.2, 0.25) is 5.88 Å². The molecule has 2 aromatic rings. The number of nitrogens with zero attached hydrogens (tertiary/aromatic N) is 5. The Morgan fingerprint density at radius 1 is 0.865 bits per heavy atom. The molecule has 12 nitrogen and oxygen atoms in total. The van der Waals surface area contributed by atoms with Crippen LogP contribution in [0.4, 0.5) is 0 Å². The summed E-state index contributed by atoms with van der Waals surface area (Å²) in [6, 6.07) is 0. The van der Waals surface area contributed by atoms with Gasteiger partial charge in [0, 0.05) is 35.6 Å². The van der Waals surface area contributed by atoms with Gasteiger partial charge in [0.05, 0.1) is 0 Å². The zero-order valence-electron chi connectivity index (χ0n) is 21.7. The number of hydrogen-bond acceptors (Lipinski definition) is 11. The maximum absolute atomic E-state index is 10.3. The number of hydrogen-bond donors (Lipinski definition) is 4. The minimum atomic E-state index is -0.487. The average molecular weight is 540 g/mol. The molecule has 2 aromatic heterocycles. The summed E-state index contributed by atoms with van der Waals surface area (Å²) in [5, 5.41) is 10.8. The predicted molar refractivity (Wildman–Crippen MR) is 153 cm³/mol. The van der Waals surface area contributed by atoms with Crippen molar-refractivity contribution in [2.75, 3.05) is 0 Å². The molecule has 0 saturated heterocycles. The third-order valence-electron chi connectivity index (χ3n) is 4.12. The zero-order valence-corrected chi connectivity index (χ0v) is 22.5. The zero-order chi connectivity index (χ0) is 26.5. The molecule has 2 aliphatic rings. The quantitative estimate of drug-likeness (QED) is 0.368. The second-order valence-corrected chi connectivity index (χ2v) is 9.54. The lowest BCUT2D eigenvalue weighted by Gasteiger charge is -2.01. The highest BCUT2D eigenvalue weighted by Crippen LogP contribution is 2.19. The van der Waals surface area contributed by atoms with Gasteiger partial charge >= 0.3 is 5.76 Å². The van der Waals surface area contributed by atoms with E-state index in [9.17, 15) is 4.79 Å². The second-order valence-electron chi connectivity index (χ2n) is 8.66. The van der Waals surface area contributed by atoms with Crippen molar-refractivity contribution in [1.29, 1.82) is 0 Å². The molecular formula is C24H45N9O3S. The molecule has 0 atom stereocenters. The van der Waals surface area contributed by atoms with Crippen LogP contribution in [0, 0.1) is 11.8 Å². The first kappa shape index (κ1) is 35.8. The van der Waals surface area contributed by atoms with Crippen molar-refractivity contribution < 1.29 is 9.36 Å². The van der Waals surface area contributed by atoms with Crippen LogP contribution < -0.4 is 16.0 Å². The van der Waals surface area contributed by atoms with Crippen molar-refractivity contribution in [2.24, 2.45) is 21.8 Å². The first-order valence-electron chi connectivity index (χ1n) is 11.2. The normalized spacial score (nSPS) is 13.4. The highest BCUT2D eigenvalue weighted by Gasteiger charge is 2.12. The van der Waals surface area contributed by atoms with E-state index in [1.807, 2.05) is 27.7 Å². The third-order valence-corrected chi connectivity index (χ3v) is 4.75. The Bertz CT molecular complexity index is 998. The molecule has 2 aliphatic heterocycles. The van der Waals surface area contributed by atoms with Gasteiger partial charge in [0.25, 0.3) is 0 Å². The molecule has 4 rings (SSSR count). The summed E-state index contributed by atoms with van der Waals surface area (Å²) < 4.78 is 7.34. The molecule has 210 valence electrons. The molecule has 0 amide bonds. The van der Waals surface area contributed by atoms with Crippen LogP contribution >= 0.6 is 11.9 Å². The monoisotopic (exact) mass is 539 g/mol. The van der Waals surface area contributed by atoms with E-state index < -0.39 is 5.76 Å². The lowest BCUT2D eigenvalue weighted by molar-refractivity contribution is 0.176. The molecule has 0 unspecified atom stereocenters. The van der Waals surface area contributed by atoms with Crippen molar-refractivity contribution in [3.8, 4) is 0 Å². The van der Waals surface area contributed by atoms with Crippen molar-refractivity contribution in [1.82, 2.24) is 35.5 Å². The van der Waals surface area contributed by atoms with Gasteiger partial charge in [-0.25, -0.2) is 20.3 Å². The van der Waals surface area contributed by atoms with Crippen LogP contribution in [0.2, 0.25) is 0 Å². The number of H-pyrrole nitrogens is 2. The van der Waals surface area contributed by atoms with Gasteiger partial charge in [0.1, 0.15) is 28.9 Å². The summed E-state index contributed by atoms with van der Waals surface area (Å²) in [7, 11) is 0. The predicted octanol–water partition coefficient (Wildman–Crippen LogP) is 5.50. The molecule has 0 aromatic carbocycles. The van der Waals surface area contributed by atoms with Crippen molar-refractivity contribution in [3.05, 3.63) is 52.6 Å². The maximum Gasteiger partial charge on any atom is 0.438 e. The maximum atomic E-state index is 10.3. The standard InChI is InChI=1S/C6H10N2O.C6H10N2S.C5H9N3.C5H8N2O2.2CH4/c2*1-4(2)6-7-5(3)9-8-6;1-4(2)5-6-3-7-8-5;1-3(2)4-6-5(8)9-7-4;;/h2*4H,3H2,1-2H3,(H,7,8);3-4H,1-2H3,(H,6,7,8);3H,1-2H3,(H,6,7,8);2*1H4. The van der Waals surface area contributed by atoms with Gasteiger partial charge in [-0.3, -0.25) is 14.6 Å². The summed E-state index contributed by atoms with van der Waals surface area (Å²) >= 11 is 1.49. The molecule has 4 heterocycles. The van der Waals surface area contributed by atoms with Gasteiger partial charge in [-0.2, -0.15) is 10.1 Å². The van der Waals surface area contributed by atoms with Crippen LogP contribution in [0.25, 0.3) is 0 Å². The number of aromatic nitrogens is 5. The number of hydroxylamine groups is 1. The molecule has 0 fully saturated rings. The topological polar surface area (TPSA) is 158 Å². The molecule has 13 heteroatoms. The van der Waals surface area contributed by atoms with Gasteiger partial charge in [-0.15, -0.1) is 0 Å². The average Bonchev–Trinajstić information content (AvgIpc) is 3.57. The Balaban J connectivity index is 0. The summed E-state index contributed by atoms with van der Waals surface area (Å²) in [6.45, 7) is 23.5. The van der Waals surface area contributed by atoms with E-state index >= 15 is 0 Å².